The zero-order valence-corrected chi connectivity index (χ0v) is 9.74. The number of nitrogens with two attached hydrogens (primary N) is 1. The molecule has 17 heavy (non-hydrogen) atoms. The van der Waals surface area contributed by atoms with Crippen LogP contribution in [0.25, 0.3) is 11.3 Å². The number of aromatic hydroxyl groups is 1. The second kappa shape index (κ2) is 4.80. The normalized spacial score (nSPS) is 9.88. The van der Waals surface area contributed by atoms with Gasteiger partial charge in [-0.25, -0.2) is 0 Å². The largest absolute Gasteiger partial charge is 0.506 e. The number of pyridine rings is 1. The SMILES string of the molecule is NC(=S)Nc1ccc(-c2ncccc2O)cc1. The number of hydrogen-bond donors (Lipinski definition) is 3. The standard InChI is InChI=1S/C12H11N3OS/c13-12(17)15-9-5-3-8(4-6-9)11-10(16)2-1-7-14-11/h1-7,16H,(H3,13,15,17). The number of thiocarbonyl (C=S) groups is 1. The van der Waals surface area contributed by atoms with E-state index in [4.69, 9.17) is 18.0 Å². The zero-order valence-electron chi connectivity index (χ0n) is 8.92. The number of nitrogens with one attached hydrogen (secondary N) is 1. The molecule has 0 atom stereocenters. The zero-order chi connectivity index (χ0) is 12.3. The molecule has 0 amide bonds. The predicted molar refractivity (Wildman–Crippen MR) is 71.7 cm³/mol. The molecule has 0 saturated heterocycles. The number of anilines is 1. The third-order valence-corrected chi connectivity index (χ3v) is 2.31. The summed E-state index contributed by atoms with van der Waals surface area (Å²) >= 11 is 4.74. The highest BCUT2D eigenvalue weighted by atomic mass is 32.1. The molecule has 0 bridgehead atoms. The summed E-state index contributed by atoms with van der Waals surface area (Å²) < 4.78 is 0. The van der Waals surface area contributed by atoms with Crippen LogP contribution in [0.5, 0.6) is 5.75 Å². The fourth-order valence-electron chi connectivity index (χ4n) is 1.47. The van der Waals surface area contributed by atoms with Gasteiger partial charge in [-0.15, -0.1) is 0 Å². The molecule has 2 aromatic rings. The van der Waals surface area contributed by atoms with Crippen LogP contribution in [-0.2, 0) is 0 Å². The van der Waals surface area contributed by atoms with Crippen LogP contribution >= 0.6 is 12.2 Å². The quantitative estimate of drug-likeness (QED) is 0.707. The van der Waals surface area contributed by atoms with Crippen LogP contribution in [0.3, 0.4) is 0 Å². The van der Waals surface area contributed by atoms with Gasteiger partial charge >= 0.3 is 0 Å². The van der Waals surface area contributed by atoms with Gasteiger partial charge < -0.3 is 16.2 Å². The van der Waals surface area contributed by atoms with Crippen molar-refractivity contribution in [2.45, 2.75) is 0 Å². The minimum atomic E-state index is 0.155. The van der Waals surface area contributed by atoms with Gasteiger partial charge in [0, 0.05) is 17.4 Å². The van der Waals surface area contributed by atoms with Crippen molar-refractivity contribution >= 4 is 23.0 Å². The van der Waals surface area contributed by atoms with Gasteiger partial charge in [0.25, 0.3) is 0 Å². The molecule has 4 N–H and O–H groups in total. The molecule has 0 saturated carbocycles. The molecule has 2 rings (SSSR count). The highest BCUT2D eigenvalue weighted by Gasteiger charge is 2.04. The first-order valence-corrected chi connectivity index (χ1v) is 5.38. The Balaban J connectivity index is 2.30. The number of rotatable bonds is 2. The van der Waals surface area contributed by atoms with Crippen molar-refractivity contribution in [1.82, 2.24) is 4.98 Å². The van der Waals surface area contributed by atoms with Crippen molar-refractivity contribution in [3.63, 3.8) is 0 Å². The summed E-state index contributed by atoms with van der Waals surface area (Å²) in [6.07, 6.45) is 1.64. The molecule has 0 aliphatic heterocycles. The van der Waals surface area contributed by atoms with Gasteiger partial charge in [-0.05, 0) is 36.5 Å². The summed E-state index contributed by atoms with van der Waals surface area (Å²) in [4.78, 5) is 4.12. The van der Waals surface area contributed by atoms with E-state index < -0.39 is 0 Å². The van der Waals surface area contributed by atoms with Gasteiger partial charge in [-0.2, -0.15) is 0 Å². The van der Waals surface area contributed by atoms with E-state index in [1.807, 2.05) is 24.3 Å². The molecule has 86 valence electrons. The average molecular weight is 245 g/mol. The van der Waals surface area contributed by atoms with Gasteiger partial charge in [0.15, 0.2) is 5.11 Å². The molecule has 0 aliphatic carbocycles. The molecular formula is C12H11N3OS. The summed E-state index contributed by atoms with van der Waals surface area (Å²) in [6, 6.07) is 10.6. The van der Waals surface area contributed by atoms with Crippen molar-refractivity contribution < 1.29 is 5.11 Å². The van der Waals surface area contributed by atoms with Crippen molar-refractivity contribution in [2.24, 2.45) is 5.73 Å². The summed E-state index contributed by atoms with van der Waals surface area (Å²) in [6.45, 7) is 0. The maximum Gasteiger partial charge on any atom is 0.168 e. The first-order valence-electron chi connectivity index (χ1n) is 4.97. The Morgan fingerprint density at radius 2 is 1.94 bits per heavy atom. The van der Waals surface area contributed by atoms with E-state index in [9.17, 15) is 5.11 Å². The number of nitrogens with zero attached hydrogens (tertiary/aromatic N) is 1. The van der Waals surface area contributed by atoms with Crippen LogP contribution in [0.15, 0.2) is 42.6 Å². The van der Waals surface area contributed by atoms with Gasteiger partial charge in [0.05, 0.1) is 0 Å². The van der Waals surface area contributed by atoms with Crippen molar-refractivity contribution in [3.05, 3.63) is 42.6 Å². The van der Waals surface area contributed by atoms with Crippen molar-refractivity contribution in [1.29, 1.82) is 0 Å². The lowest BCUT2D eigenvalue weighted by atomic mass is 10.1. The van der Waals surface area contributed by atoms with E-state index in [0.717, 1.165) is 11.3 Å². The molecule has 0 aliphatic rings. The first-order chi connectivity index (χ1) is 8.16. The molecule has 0 spiro atoms. The third-order valence-electron chi connectivity index (χ3n) is 2.21. The molecule has 1 aromatic carbocycles. The van der Waals surface area contributed by atoms with Gasteiger partial charge in [-0.3, -0.25) is 4.98 Å². The monoisotopic (exact) mass is 245 g/mol. The highest BCUT2D eigenvalue weighted by Crippen LogP contribution is 2.26. The Bertz CT molecular complexity index is 540. The lowest BCUT2D eigenvalue weighted by Gasteiger charge is -2.06. The Morgan fingerprint density at radius 3 is 2.53 bits per heavy atom. The van der Waals surface area contributed by atoms with E-state index in [2.05, 4.69) is 10.3 Å². The molecule has 5 heteroatoms. The second-order valence-corrected chi connectivity index (χ2v) is 3.88. The molecule has 4 nitrogen and oxygen atoms in total. The summed E-state index contributed by atoms with van der Waals surface area (Å²) in [5.74, 6) is 0.155. The topological polar surface area (TPSA) is 71.2 Å². The van der Waals surface area contributed by atoms with Crippen LogP contribution in [-0.4, -0.2) is 15.2 Å². The fourth-order valence-corrected chi connectivity index (χ4v) is 1.59. The second-order valence-electron chi connectivity index (χ2n) is 3.44. The van der Waals surface area contributed by atoms with Gasteiger partial charge in [-0.1, -0.05) is 12.1 Å². The van der Waals surface area contributed by atoms with Crippen molar-refractivity contribution in [3.8, 4) is 17.0 Å². The Morgan fingerprint density at radius 1 is 1.24 bits per heavy atom. The van der Waals surface area contributed by atoms with E-state index in [0.29, 0.717) is 5.69 Å². The predicted octanol–water partition coefficient (Wildman–Crippen LogP) is 2.11. The van der Waals surface area contributed by atoms with E-state index in [1.54, 1.807) is 18.3 Å². The molecule has 1 aromatic heterocycles. The average Bonchev–Trinajstić information content (AvgIpc) is 2.30. The van der Waals surface area contributed by atoms with Crippen LogP contribution in [0.1, 0.15) is 0 Å². The van der Waals surface area contributed by atoms with Crippen LogP contribution in [0, 0.1) is 0 Å². The number of hydrogen-bond acceptors (Lipinski definition) is 3. The summed E-state index contributed by atoms with van der Waals surface area (Å²) in [5.41, 5.74) is 7.55. The Labute approximate surface area is 104 Å². The fraction of sp³-hybridized carbons (Fsp3) is 0. The van der Waals surface area contributed by atoms with E-state index >= 15 is 0 Å². The minimum absolute atomic E-state index is 0.155. The lowest BCUT2D eigenvalue weighted by molar-refractivity contribution is 0.475. The van der Waals surface area contributed by atoms with Crippen LogP contribution in [0.2, 0.25) is 0 Å². The van der Waals surface area contributed by atoms with E-state index in [-0.39, 0.29) is 10.9 Å². The Kier molecular flexibility index (Phi) is 3.20. The highest BCUT2D eigenvalue weighted by molar-refractivity contribution is 7.80. The minimum Gasteiger partial charge on any atom is -0.506 e. The summed E-state index contributed by atoms with van der Waals surface area (Å²) in [5, 5.41) is 12.7. The maximum absolute atomic E-state index is 9.66. The Hall–Kier alpha value is -2.14. The smallest absolute Gasteiger partial charge is 0.168 e. The first kappa shape index (κ1) is 11.3. The number of benzene rings is 1. The van der Waals surface area contributed by atoms with Gasteiger partial charge in [0.2, 0.25) is 0 Å². The molecule has 0 unspecified atom stereocenters. The van der Waals surface area contributed by atoms with Crippen molar-refractivity contribution in [2.75, 3.05) is 5.32 Å². The molecule has 0 fully saturated rings. The maximum atomic E-state index is 9.66. The van der Waals surface area contributed by atoms with E-state index in [1.165, 1.54) is 0 Å². The molecule has 1 heterocycles. The van der Waals surface area contributed by atoms with Crippen LogP contribution in [0.4, 0.5) is 5.69 Å². The number of aromatic nitrogens is 1. The summed E-state index contributed by atoms with van der Waals surface area (Å²) in [7, 11) is 0. The third kappa shape index (κ3) is 2.70. The molecule has 0 radical (unpaired) electrons. The van der Waals surface area contributed by atoms with Crippen LogP contribution < -0.4 is 11.1 Å². The lowest BCUT2D eigenvalue weighted by Crippen LogP contribution is -2.18. The molecular weight excluding hydrogens is 234 g/mol. The van der Waals surface area contributed by atoms with Gasteiger partial charge in [0.1, 0.15) is 11.4 Å².